The number of aromatic nitrogens is 1. The maximum absolute atomic E-state index is 11.3. The molecule has 110 valence electrons. The Balaban J connectivity index is 1.82. The summed E-state index contributed by atoms with van der Waals surface area (Å²) in [5.41, 5.74) is 5.26. The first-order chi connectivity index (χ1) is 10.7. The van der Waals surface area contributed by atoms with Crippen molar-refractivity contribution in [1.82, 2.24) is 4.98 Å². The van der Waals surface area contributed by atoms with Crippen molar-refractivity contribution < 1.29 is 9.53 Å². The molecule has 1 aromatic heterocycles. The van der Waals surface area contributed by atoms with Crippen LogP contribution in [0, 0.1) is 0 Å². The van der Waals surface area contributed by atoms with E-state index in [9.17, 15) is 4.79 Å². The Labute approximate surface area is 127 Å². The average Bonchev–Trinajstić information content (AvgIpc) is 2.55. The van der Waals surface area contributed by atoms with Gasteiger partial charge in [-0.3, -0.25) is 4.79 Å². The van der Waals surface area contributed by atoms with Crippen LogP contribution in [0.2, 0.25) is 0 Å². The van der Waals surface area contributed by atoms with E-state index in [4.69, 9.17) is 10.5 Å². The summed E-state index contributed by atoms with van der Waals surface area (Å²) in [6.07, 6.45) is 0. The van der Waals surface area contributed by atoms with Gasteiger partial charge in [-0.1, -0.05) is 36.4 Å². The number of anilines is 1. The number of nitrogens with zero attached hydrogens (tertiary/aromatic N) is 1. The molecule has 0 aliphatic carbocycles. The minimum atomic E-state index is -0.296. The highest BCUT2D eigenvalue weighted by Gasteiger charge is 2.04. The number of pyridine rings is 1. The number of amides is 1. The van der Waals surface area contributed by atoms with Gasteiger partial charge in [-0.25, -0.2) is 0 Å². The number of nitrogens with two attached hydrogens (primary N) is 1. The van der Waals surface area contributed by atoms with Crippen LogP contribution in [0.5, 0.6) is 11.6 Å². The molecule has 1 amide bonds. The van der Waals surface area contributed by atoms with Gasteiger partial charge in [-0.2, -0.15) is 4.98 Å². The standard InChI is InChI=1S/C17H15N3O2/c18-11-16(21)19-15-6-3-7-17(20-15)22-14-9-8-12-4-1-2-5-13(12)10-14/h1-10H,11,18H2,(H,19,20,21). The van der Waals surface area contributed by atoms with Crippen LogP contribution in [0.4, 0.5) is 5.82 Å². The SMILES string of the molecule is NCC(=O)Nc1cccc(Oc2ccc3ccccc3c2)n1. The van der Waals surface area contributed by atoms with Crippen LogP contribution in [-0.4, -0.2) is 17.4 Å². The van der Waals surface area contributed by atoms with Crippen molar-refractivity contribution in [2.45, 2.75) is 0 Å². The first-order valence-electron chi connectivity index (χ1n) is 6.88. The van der Waals surface area contributed by atoms with Gasteiger partial charge in [0.25, 0.3) is 0 Å². The molecule has 3 N–H and O–H groups in total. The largest absolute Gasteiger partial charge is 0.439 e. The van der Waals surface area contributed by atoms with Crippen LogP contribution in [-0.2, 0) is 4.79 Å². The van der Waals surface area contributed by atoms with E-state index in [1.54, 1.807) is 18.2 Å². The number of carbonyl (C=O) groups is 1. The lowest BCUT2D eigenvalue weighted by atomic mass is 10.1. The van der Waals surface area contributed by atoms with Gasteiger partial charge in [-0.15, -0.1) is 0 Å². The Morgan fingerprint density at radius 2 is 1.86 bits per heavy atom. The molecule has 0 aliphatic rings. The molecule has 2 aromatic carbocycles. The van der Waals surface area contributed by atoms with Crippen LogP contribution in [0.25, 0.3) is 10.8 Å². The topological polar surface area (TPSA) is 77.2 Å². The monoisotopic (exact) mass is 293 g/mol. The van der Waals surface area contributed by atoms with Crippen LogP contribution in [0.1, 0.15) is 0 Å². The van der Waals surface area contributed by atoms with E-state index in [-0.39, 0.29) is 12.5 Å². The van der Waals surface area contributed by atoms with Crippen molar-refractivity contribution >= 4 is 22.5 Å². The van der Waals surface area contributed by atoms with Gasteiger partial charge in [0.05, 0.1) is 6.54 Å². The quantitative estimate of drug-likeness (QED) is 0.775. The highest BCUT2D eigenvalue weighted by molar-refractivity contribution is 5.91. The molecule has 1 heterocycles. The Bertz CT molecular complexity index is 818. The second-order valence-corrected chi connectivity index (χ2v) is 4.72. The molecular weight excluding hydrogens is 278 g/mol. The van der Waals surface area contributed by atoms with Gasteiger partial charge in [0, 0.05) is 6.07 Å². The first kappa shape index (κ1) is 14.0. The summed E-state index contributed by atoms with van der Waals surface area (Å²) in [6.45, 7) is -0.0859. The molecule has 0 aliphatic heterocycles. The highest BCUT2D eigenvalue weighted by Crippen LogP contribution is 2.25. The zero-order valence-corrected chi connectivity index (χ0v) is 11.8. The molecule has 5 nitrogen and oxygen atoms in total. The summed E-state index contributed by atoms with van der Waals surface area (Å²) in [4.78, 5) is 15.5. The molecule has 0 fully saturated rings. The molecule has 5 heteroatoms. The smallest absolute Gasteiger partial charge is 0.239 e. The zero-order valence-electron chi connectivity index (χ0n) is 11.8. The van der Waals surface area contributed by atoms with E-state index >= 15 is 0 Å². The Hall–Kier alpha value is -2.92. The van der Waals surface area contributed by atoms with E-state index in [1.165, 1.54) is 0 Å². The van der Waals surface area contributed by atoms with Crippen LogP contribution in [0.15, 0.2) is 60.7 Å². The predicted molar refractivity (Wildman–Crippen MR) is 85.9 cm³/mol. The summed E-state index contributed by atoms with van der Waals surface area (Å²) in [7, 11) is 0. The van der Waals surface area contributed by atoms with Crippen molar-refractivity contribution in [3.63, 3.8) is 0 Å². The van der Waals surface area contributed by atoms with Crippen LogP contribution in [0.3, 0.4) is 0 Å². The Kier molecular flexibility index (Phi) is 3.98. The van der Waals surface area contributed by atoms with Gasteiger partial charge in [0.1, 0.15) is 11.6 Å². The third-order valence-corrected chi connectivity index (χ3v) is 3.12. The fourth-order valence-electron chi connectivity index (χ4n) is 2.09. The molecular formula is C17H15N3O2. The summed E-state index contributed by atoms with van der Waals surface area (Å²) >= 11 is 0. The second kappa shape index (κ2) is 6.24. The maximum Gasteiger partial charge on any atom is 0.239 e. The lowest BCUT2D eigenvalue weighted by Crippen LogP contribution is -2.22. The van der Waals surface area contributed by atoms with Gasteiger partial charge in [0.15, 0.2) is 0 Å². The average molecular weight is 293 g/mol. The maximum atomic E-state index is 11.3. The van der Waals surface area contributed by atoms with E-state index in [2.05, 4.69) is 10.3 Å². The van der Waals surface area contributed by atoms with Crippen molar-refractivity contribution in [1.29, 1.82) is 0 Å². The van der Waals surface area contributed by atoms with Crippen molar-refractivity contribution in [3.8, 4) is 11.6 Å². The molecule has 0 radical (unpaired) electrons. The molecule has 22 heavy (non-hydrogen) atoms. The zero-order chi connectivity index (χ0) is 15.4. The summed E-state index contributed by atoms with van der Waals surface area (Å²) in [6, 6.07) is 19.0. The van der Waals surface area contributed by atoms with Crippen molar-refractivity contribution in [2.75, 3.05) is 11.9 Å². The molecule has 3 aromatic rings. The molecule has 0 saturated carbocycles. The Morgan fingerprint density at radius 3 is 2.68 bits per heavy atom. The molecule has 0 unspecified atom stereocenters. The number of rotatable bonds is 4. The van der Waals surface area contributed by atoms with Crippen LogP contribution >= 0.6 is 0 Å². The van der Waals surface area contributed by atoms with E-state index in [1.807, 2.05) is 42.5 Å². The van der Waals surface area contributed by atoms with Gasteiger partial charge in [-0.05, 0) is 29.0 Å². The third-order valence-electron chi connectivity index (χ3n) is 3.12. The molecule has 3 rings (SSSR count). The van der Waals surface area contributed by atoms with Gasteiger partial charge < -0.3 is 15.8 Å². The highest BCUT2D eigenvalue weighted by atomic mass is 16.5. The predicted octanol–water partition coefficient (Wildman–Crippen LogP) is 2.92. The normalized spacial score (nSPS) is 10.4. The van der Waals surface area contributed by atoms with Gasteiger partial charge >= 0.3 is 0 Å². The molecule has 0 bridgehead atoms. The van der Waals surface area contributed by atoms with E-state index in [0.717, 1.165) is 10.8 Å². The number of benzene rings is 2. The lowest BCUT2D eigenvalue weighted by molar-refractivity contribution is -0.114. The lowest BCUT2D eigenvalue weighted by Gasteiger charge is -2.08. The molecule has 0 saturated heterocycles. The van der Waals surface area contributed by atoms with Crippen molar-refractivity contribution in [3.05, 3.63) is 60.7 Å². The fourth-order valence-corrected chi connectivity index (χ4v) is 2.09. The second-order valence-electron chi connectivity index (χ2n) is 4.72. The summed E-state index contributed by atoms with van der Waals surface area (Å²) in [5, 5.41) is 4.83. The van der Waals surface area contributed by atoms with Crippen LogP contribution < -0.4 is 15.8 Å². The fraction of sp³-hybridized carbons (Fsp3) is 0.0588. The number of fused-ring (bicyclic) bond motifs is 1. The van der Waals surface area contributed by atoms with E-state index < -0.39 is 0 Å². The minimum Gasteiger partial charge on any atom is -0.439 e. The number of carbonyl (C=O) groups excluding carboxylic acids is 1. The molecule has 0 spiro atoms. The Morgan fingerprint density at radius 1 is 1.05 bits per heavy atom. The van der Waals surface area contributed by atoms with E-state index in [0.29, 0.717) is 17.4 Å². The summed E-state index contributed by atoms with van der Waals surface area (Å²) < 4.78 is 5.75. The number of hydrogen-bond donors (Lipinski definition) is 2. The molecule has 0 atom stereocenters. The van der Waals surface area contributed by atoms with Gasteiger partial charge in [0.2, 0.25) is 11.8 Å². The number of hydrogen-bond acceptors (Lipinski definition) is 4. The van der Waals surface area contributed by atoms with Crippen molar-refractivity contribution in [2.24, 2.45) is 5.73 Å². The third kappa shape index (κ3) is 3.21. The summed E-state index contributed by atoms with van der Waals surface area (Å²) in [5.74, 6) is 1.21. The minimum absolute atomic E-state index is 0.0859. The number of nitrogens with one attached hydrogen (secondary N) is 1. The number of ether oxygens (including phenoxy) is 1. The first-order valence-corrected chi connectivity index (χ1v) is 6.88.